The molecule has 1 aliphatic carbocycles. The Kier molecular flexibility index (Phi) is 4.73. The molecule has 0 radical (unpaired) electrons. The van der Waals surface area contributed by atoms with E-state index in [9.17, 15) is 14.7 Å². The highest BCUT2D eigenvalue weighted by molar-refractivity contribution is 7.99. The zero-order chi connectivity index (χ0) is 13.9. The van der Waals surface area contributed by atoms with Gasteiger partial charge in [-0.2, -0.15) is 11.8 Å². The van der Waals surface area contributed by atoms with E-state index in [2.05, 4.69) is 5.32 Å². The van der Waals surface area contributed by atoms with Crippen molar-refractivity contribution in [1.29, 1.82) is 0 Å². The lowest BCUT2D eigenvalue weighted by molar-refractivity contribution is -0.147. The molecule has 0 aromatic rings. The molecule has 1 atom stereocenters. The summed E-state index contributed by atoms with van der Waals surface area (Å²) in [6.07, 6.45) is 3.05. The fourth-order valence-electron chi connectivity index (χ4n) is 2.68. The summed E-state index contributed by atoms with van der Waals surface area (Å²) in [6, 6.07) is 0. The fraction of sp³-hybridized carbons (Fsp3) is 0.846. The van der Waals surface area contributed by atoms with E-state index in [-0.39, 0.29) is 5.91 Å². The molecule has 2 fully saturated rings. The highest BCUT2D eigenvalue weighted by Crippen LogP contribution is 2.33. The molecule has 1 amide bonds. The van der Waals surface area contributed by atoms with Crippen LogP contribution in [0.4, 0.5) is 0 Å². The SMILES string of the molecule is CCOC1CC(CC(=O)NC2(C(=O)O)CCSC2)C1. The Morgan fingerprint density at radius 2 is 2.21 bits per heavy atom. The third-order valence-electron chi connectivity index (χ3n) is 3.88. The molecule has 2 rings (SSSR count). The van der Waals surface area contributed by atoms with Gasteiger partial charge in [-0.25, -0.2) is 4.79 Å². The van der Waals surface area contributed by atoms with E-state index >= 15 is 0 Å². The van der Waals surface area contributed by atoms with Crippen molar-refractivity contribution in [3.63, 3.8) is 0 Å². The van der Waals surface area contributed by atoms with Crippen LogP contribution in [0.5, 0.6) is 0 Å². The molecule has 0 bridgehead atoms. The number of nitrogens with one attached hydrogen (secondary N) is 1. The van der Waals surface area contributed by atoms with Gasteiger partial charge in [0.1, 0.15) is 5.54 Å². The van der Waals surface area contributed by atoms with Gasteiger partial charge in [-0.05, 0) is 37.9 Å². The van der Waals surface area contributed by atoms with Crippen LogP contribution in [-0.2, 0) is 14.3 Å². The van der Waals surface area contributed by atoms with E-state index < -0.39 is 11.5 Å². The van der Waals surface area contributed by atoms with Gasteiger partial charge in [0, 0.05) is 18.8 Å². The van der Waals surface area contributed by atoms with Crippen LogP contribution in [0.2, 0.25) is 0 Å². The summed E-state index contributed by atoms with van der Waals surface area (Å²) in [7, 11) is 0. The predicted octanol–water partition coefficient (Wildman–Crippen LogP) is 1.27. The van der Waals surface area contributed by atoms with E-state index in [4.69, 9.17) is 4.74 Å². The molecule has 1 unspecified atom stereocenters. The number of carboxylic acids is 1. The summed E-state index contributed by atoms with van der Waals surface area (Å²) in [4.78, 5) is 23.3. The maximum absolute atomic E-state index is 12.0. The molecule has 0 aromatic carbocycles. The van der Waals surface area contributed by atoms with Crippen molar-refractivity contribution in [2.45, 2.75) is 44.2 Å². The minimum atomic E-state index is -1.04. The topological polar surface area (TPSA) is 75.6 Å². The van der Waals surface area contributed by atoms with Crippen LogP contribution >= 0.6 is 11.8 Å². The quantitative estimate of drug-likeness (QED) is 0.769. The number of aliphatic carboxylic acids is 1. The summed E-state index contributed by atoms with van der Waals surface area (Å²) in [5, 5.41) is 12.0. The van der Waals surface area contributed by atoms with Gasteiger partial charge in [0.05, 0.1) is 6.10 Å². The van der Waals surface area contributed by atoms with Crippen molar-refractivity contribution in [2.24, 2.45) is 5.92 Å². The van der Waals surface area contributed by atoms with Gasteiger partial charge in [0.2, 0.25) is 5.91 Å². The number of carbonyl (C=O) groups is 2. The van der Waals surface area contributed by atoms with E-state index in [0.29, 0.717) is 37.2 Å². The van der Waals surface area contributed by atoms with Crippen LogP contribution in [-0.4, -0.2) is 46.7 Å². The first kappa shape index (κ1) is 14.7. The first-order chi connectivity index (χ1) is 9.05. The van der Waals surface area contributed by atoms with E-state index in [1.54, 1.807) is 11.8 Å². The molecule has 1 aliphatic heterocycles. The summed E-state index contributed by atoms with van der Waals surface area (Å²) in [5.74, 6) is 0.566. The second-order valence-corrected chi connectivity index (χ2v) is 6.46. The highest BCUT2D eigenvalue weighted by Gasteiger charge is 2.43. The fourth-order valence-corrected chi connectivity index (χ4v) is 4.00. The van der Waals surface area contributed by atoms with Crippen molar-refractivity contribution >= 4 is 23.6 Å². The Hall–Kier alpha value is -0.750. The molecule has 19 heavy (non-hydrogen) atoms. The lowest BCUT2D eigenvalue weighted by atomic mass is 9.79. The van der Waals surface area contributed by atoms with Gasteiger partial charge < -0.3 is 15.2 Å². The number of carbonyl (C=O) groups excluding carboxylic acids is 1. The highest BCUT2D eigenvalue weighted by atomic mass is 32.2. The van der Waals surface area contributed by atoms with Crippen molar-refractivity contribution in [3.8, 4) is 0 Å². The standard InChI is InChI=1S/C13H21NO4S/c1-2-18-10-5-9(6-10)7-11(15)14-13(12(16)17)3-4-19-8-13/h9-10H,2-8H2,1H3,(H,14,15)(H,16,17). The Labute approximate surface area is 117 Å². The maximum atomic E-state index is 12.0. The molecule has 2 aliphatic rings. The predicted molar refractivity (Wildman–Crippen MR) is 73.2 cm³/mol. The largest absolute Gasteiger partial charge is 0.479 e. The molecule has 0 aromatic heterocycles. The Morgan fingerprint density at radius 3 is 2.74 bits per heavy atom. The normalized spacial score (nSPS) is 33.7. The smallest absolute Gasteiger partial charge is 0.330 e. The van der Waals surface area contributed by atoms with Crippen LogP contribution in [0.25, 0.3) is 0 Å². The number of carboxylic acid groups (broad SMARTS) is 1. The van der Waals surface area contributed by atoms with Gasteiger partial charge >= 0.3 is 5.97 Å². The third-order valence-corrected chi connectivity index (χ3v) is 5.07. The number of ether oxygens (including phenoxy) is 1. The second-order valence-electron chi connectivity index (χ2n) is 5.36. The molecule has 1 saturated heterocycles. The zero-order valence-electron chi connectivity index (χ0n) is 11.2. The molecule has 108 valence electrons. The van der Waals surface area contributed by atoms with E-state index in [0.717, 1.165) is 18.6 Å². The average Bonchev–Trinajstić information content (AvgIpc) is 2.76. The molecule has 1 heterocycles. The molecule has 1 saturated carbocycles. The number of hydrogen-bond donors (Lipinski definition) is 2. The summed E-state index contributed by atoms with van der Waals surface area (Å²) >= 11 is 1.58. The van der Waals surface area contributed by atoms with Gasteiger partial charge in [0.15, 0.2) is 0 Å². The number of thioether (sulfide) groups is 1. The Balaban J connectivity index is 1.77. The van der Waals surface area contributed by atoms with Gasteiger partial charge in [0.25, 0.3) is 0 Å². The van der Waals surface area contributed by atoms with Crippen LogP contribution in [0, 0.1) is 5.92 Å². The van der Waals surface area contributed by atoms with Crippen LogP contribution in [0.15, 0.2) is 0 Å². The van der Waals surface area contributed by atoms with Crippen LogP contribution in [0.1, 0.15) is 32.6 Å². The molecule has 5 nitrogen and oxygen atoms in total. The van der Waals surface area contributed by atoms with Gasteiger partial charge in [-0.15, -0.1) is 0 Å². The number of rotatable bonds is 6. The number of hydrogen-bond acceptors (Lipinski definition) is 4. The third kappa shape index (κ3) is 3.42. The summed E-state index contributed by atoms with van der Waals surface area (Å²) < 4.78 is 5.45. The van der Waals surface area contributed by atoms with Crippen molar-refractivity contribution in [1.82, 2.24) is 5.32 Å². The van der Waals surface area contributed by atoms with Crippen molar-refractivity contribution < 1.29 is 19.4 Å². The minimum absolute atomic E-state index is 0.134. The maximum Gasteiger partial charge on any atom is 0.330 e. The molecule has 2 N–H and O–H groups in total. The lowest BCUT2D eigenvalue weighted by Gasteiger charge is -2.35. The zero-order valence-corrected chi connectivity index (χ0v) is 12.0. The van der Waals surface area contributed by atoms with E-state index in [1.807, 2.05) is 6.92 Å². The van der Waals surface area contributed by atoms with Crippen LogP contribution in [0.3, 0.4) is 0 Å². The lowest BCUT2D eigenvalue weighted by Crippen LogP contribution is -2.55. The Bertz CT molecular complexity index is 349. The molecular weight excluding hydrogens is 266 g/mol. The first-order valence-electron chi connectivity index (χ1n) is 6.79. The second kappa shape index (κ2) is 6.13. The Morgan fingerprint density at radius 1 is 1.47 bits per heavy atom. The van der Waals surface area contributed by atoms with E-state index in [1.165, 1.54) is 0 Å². The molecule has 0 spiro atoms. The first-order valence-corrected chi connectivity index (χ1v) is 7.95. The average molecular weight is 287 g/mol. The van der Waals surface area contributed by atoms with Crippen LogP contribution < -0.4 is 5.32 Å². The molecule has 6 heteroatoms. The molecular formula is C13H21NO4S. The summed E-state index contributed by atoms with van der Waals surface area (Å²) in [6.45, 7) is 2.68. The summed E-state index contributed by atoms with van der Waals surface area (Å²) in [5.41, 5.74) is -1.04. The van der Waals surface area contributed by atoms with Crippen molar-refractivity contribution in [3.05, 3.63) is 0 Å². The monoisotopic (exact) mass is 287 g/mol. The van der Waals surface area contributed by atoms with Gasteiger partial charge in [-0.3, -0.25) is 4.79 Å². The number of amides is 1. The van der Waals surface area contributed by atoms with Gasteiger partial charge in [-0.1, -0.05) is 0 Å². The van der Waals surface area contributed by atoms with Crippen molar-refractivity contribution in [2.75, 3.05) is 18.1 Å². The minimum Gasteiger partial charge on any atom is -0.479 e.